The molecule has 20 heavy (non-hydrogen) atoms. The van der Waals surface area contributed by atoms with Crippen LogP contribution in [0, 0.1) is 16.7 Å². The molecule has 0 aromatic heterocycles. The first-order valence-corrected chi connectivity index (χ1v) is 7.76. The van der Waals surface area contributed by atoms with Gasteiger partial charge in [-0.15, -0.1) is 0 Å². The number of likely N-dealkylation sites (tertiary alicyclic amines) is 1. The highest BCUT2D eigenvalue weighted by atomic mass is 16.4. The summed E-state index contributed by atoms with van der Waals surface area (Å²) < 4.78 is 0. The first-order valence-electron chi connectivity index (χ1n) is 7.76. The van der Waals surface area contributed by atoms with E-state index >= 15 is 0 Å². The van der Waals surface area contributed by atoms with Crippen molar-refractivity contribution >= 4 is 11.9 Å². The second-order valence-electron chi connectivity index (χ2n) is 7.57. The minimum absolute atomic E-state index is 0.148. The lowest BCUT2D eigenvalue weighted by atomic mass is 9.67. The van der Waals surface area contributed by atoms with Gasteiger partial charge in [0.2, 0.25) is 5.91 Å². The van der Waals surface area contributed by atoms with Gasteiger partial charge in [-0.2, -0.15) is 0 Å². The van der Waals surface area contributed by atoms with Crippen molar-refractivity contribution in [3.05, 3.63) is 0 Å². The molecule has 114 valence electrons. The Morgan fingerprint density at radius 3 is 2.45 bits per heavy atom. The van der Waals surface area contributed by atoms with Crippen LogP contribution in [0.4, 0.5) is 0 Å². The normalized spacial score (nSPS) is 33.1. The average molecular weight is 281 g/mol. The third kappa shape index (κ3) is 2.99. The summed E-state index contributed by atoms with van der Waals surface area (Å²) in [6.45, 7) is 7.22. The van der Waals surface area contributed by atoms with Crippen LogP contribution in [0.1, 0.15) is 59.3 Å². The van der Waals surface area contributed by atoms with Crippen LogP contribution in [-0.2, 0) is 9.59 Å². The van der Waals surface area contributed by atoms with Crippen LogP contribution in [0.15, 0.2) is 0 Å². The molecule has 2 atom stereocenters. The van der Waals surface area contributed by atoms with Crippen LogP contribution in [0.25, 0.3) is 0 Å². The van der Waals surface area contributed by atoms with Gasteiger partial charge >= 0.3 is 5.97 Å². The van der Waals surface area contributed by atoms with Crippen molar-refractivity contribution in [1.29, 1.82) is 0 Å². The van der Waals surface area contributed by atoms with Crippen molar-refractivity contribution in [2.75, 3.05) is 13.1 Å². The first kappa shape index (κ1) is 15.3. The molecule has 1 saturated carbocycles. The predicted molar refractivity (Wildman–Crippen MR) is 77.3 cm³/mol. The van der Waals surface area contributed by atoms with E-state index in [9.17, 15) is 14.7 Å². The molecule has 2 aliphatic rings. The minimum Gasteiger partial charge on any atom is -0.481 e. The second-order valence-corrected chi connectivity index (χ2v) is 7.57. The van der Waals surface area contributed by atoms with Crippen LogP contribution in [0.3, 0.4) is 0 Å². The zero-order chi connectivity index (χ0) is 15.0. The predicted octanol–water partition coefficient (Wildman–Crippen LogP) is 2.92. The maximum absolute atomic E-state index is 12.4. The smallest absolute Gasteiger partial charge is 0.311 e. The number of hydrogen-bond donors (Lipinski definition) is 1. The summed E-state index contributed by atoms with van der Waals surface area (Å²) >= 11 is 0. The molecule has 0 bridgehead atoms. The van der Waals surface area contributed by atoms with E-state index in [1.807, 2.05) is 0 Å². The number of aliphatic carboxylic acids is 1. The van der Waals surface area contributed by atoms with Crippen LogP contribution in [0.5, 0.6) is 0 Å². The molecule has 4 heteroatoms. The fraction of sp³-hybridized carbons (Fsp3) is 0.875. The highest BCUT2D eigenvalue weighted by Crippen LogP contribution is 2.43. The quantitative estimate of drug-likeness (QED) is 0.865. The highest BCUT2D eigenvalue weighted by molar-refractivity contribution is 5.80. The Hall–Kier alpha value is -1.06. The summed E-state index contributed by atoms with van der Waals surface area (Å²) in [7, 11) is 0. The number of carbonyl (C=O) groups is 2. The molecule has 0 aromatic carbocycles. The number of nitrogens with zero attached hydrogens (tertiary/aromatic N) is 1. The summed E-state index contributed by atoms with van der Waals surface area (Å²) in [4.78, 5) is 25.5. The zero-order valence-electron chi connectivity index (χ0n) is 12.9. The number of amides is 1. The van der Waals surface area contributed by atoms with Crippen LogP contribution in [-0.4, -0.2) is 35.0 Å². The fourth-order valence-corrected chi connectivity index (χ4v) is 3.63. The summed E-state index contributed by atoms with van der Waals surface area (Å²) in [5, 5.41) is 9.24. The van der Waals surface area contributed by atoms with Gasteiger partial charge in [0.05, 0.1) is 5.41 Å². The number of carboxylic acids is 1. The molecule has 1 aliphatic heterocycles. The van der Waals surface area contributed by atoms with Crippen molar-refractivity contribution in [3.8, 4) is 0 Å². The van der Waals surface area contributed by atoms with Crippen molar-refractivity contribution in [2.24, 2.45) is 16.7 Å². The third-order valence-corrected chi connectivity index (χ3v) is 5.49. The Morgan fingerprint density at radius 2 is 1.90 bits per heavy atom. The van der Waals surface area contributed by atoms with Gasteiger partial charge in [-0.05, 0) is 37.5 Å². The second kappa shape index (κ2) is 5.38. The molecule has 1 saturated heterocycles. The molecule has 1 heterocycles. The zero-order valence-corrected chi connectivity index (χ0v) is 12.9. The largest absolute Gasteiger partial charge is 0.481 e. The summed E-state index contributed by atoms with van der Waals surface area (Å²) in [6.07, 6.45) is 5.96. The van der Waals surface area contributed by atoms with Gasteiger partial charge in [-0.25, -0.2) is 0 Å². The number of carboxylic acid groups (broad SMARTS) is 1. The van der Waals surface area contributed by atoms with E-state index in [0.29, 0.717) is 31.8 Å². The van der Waals surface area contributed by atoms with Crippen molar-refractivity contribution in [3.63, 3.8) is 0 Å². The Labute approximate surface area is 121 Å². The standard InChI is InChI=1S/C16H27NO3/c1-15(2)7-5-4-6-12(15)10-13(18)17-9-8-16(3,11-17)14(19)20/h12H,4-11H2,1-3H3,(H,19,20). The van der Waals surface area contributed by atoms with Gasteiger partial charge in [0.1, 0.15) is 0 Å². The van der Waals surface area contributed by atoms with E-state index in [1.54, 1.807) is 11.8 Å². The first-order chi connectivity index (χ1) is 9.24. The van der Waals surface area contributed by atoms with Gasteiger partial charge in [-0.3, -0.25) is 9.59 Å². The molecule has 1 N–H and O–H groups in total. The van der Waals surface area contributed by atoms with E-state index in [4.69, 9.17) is 0 Å². The number of carbonyl (C=O) groups excluding carboxylic acids is 1. The third-order valence-electron chi connectivity index (χ3n) is 5.49. The monoisotopic (exact) mass is 281 g/mol. The molecule has 1 aliphatic carbocycles. The SMILES string of the molecule is CC1(C(=O)O)CCN(C(=O)CC2CCCCC2(C)C)C1. The lowest BCUT2D eigenvalue weighted by Crippen LogP contribution is -2.38. The molecule has 2 fully saturated rings. The van der Waals surface area contributed by atoms with Crippen LogP contribution in [0.2, 0.25) is 0 Å². The van der Waals surface area contributed by atoms with Gasteiger partial charge in [-0.1, -0.05) is 26.7 Å². The lowest BCUT2D eigenvalue weighted by Gasteiger charge is -2.39. The maximum Gasteiger partial charge on any atom is 0.311 e. The van der Waals surface area contributed by atoms with Gasteiger partial charge < -0.3 is 10.0 Å². The Bertz CT molecular complexity index is 405. The fourth-order valence-electron chi connectivity index (χ4n) is 3.63. The number of hydrogen-bond acceptors (Lipinski definition) is 2. The molecular formula is C16H27NO3. The van der Waals surface area contributed by atoms with Crippen molar-refractivity contribution < 1.29 is 14.7 Å². The Morgan fingerprint density at radius 1 is 1.20 bits per heavy atom. The van der Waals surface area contributed by atoms with E-state index in [-0.39, 0.29) is 11.3 Å². The number of rotatable bonds is 3. The van der Waals surface area contributed by atoms with E-state index in [0.717, 1.165) is 6.42 Å². The summed E-state index contributed by atoms with van der Waals surface area (Å²) in [5.41, 5.74) is -0.512. The lowest BCUT2D eigenvalue weighted by molar-refractivity contribution is -0.147. The Kier molecular flexibility index (Phi) is 4.12. The van der Waals surface area contributed by atoms with Crippen molar-refractivity contribution in [2.45, 2.75) is 59.3 Å². The van der Waals surface area contributed by atoms with E-state index in [1.165, 1.54) is 19.3 Å². The molecular weight excluding hydrogens is 254 g/mol. The molecule has 2 rings (SSSR count). The van der Waals surface area contributed by atoms with E-state index < -0.39 is 11.4 Å². The van der Waals surface area contributed by atoms with Crippen LogP contribution >= 0.6 is 0 Å². The van der Waals surface area contributed by atoms with Gasteiger partial charge in [0.15, 0.2) is 0 Å². The van der Waals surface area contributed by atoms with Crippen molar-refractivity contribution in [1.82, 2.24) is 4.90 Å². The molecule has 1 amide bonds. The summed E-state index contributed by atoms with van der Waals surface area (Å²) in [6, 6.07) is 0. The highest BCUT2D eigenvalue weighted by Gasteiger charge is 2.43. The molecule has 0 spiro atoms. The van der Waals surface area contributed by atoms with Gasteiger partial charge in [0.25, 0.3) is 0 Å². The maximum atomic E-state index is 12.4. The summed E-state index contributed by atoms with van der Waals surface area (Å²) in [5.74, 6) is -0.193. The van der Waals surface area contributed by atoms with Crippen LogP contribution < -0.4 is 0 Å². The Balaban J connectivity index is 1.94. The molecule has 4 nitrogen and oxygen atoms in total. The molecule has 0 radical (unpaired) electrons. The average Bonchev–Trinajstić information content (AvgIpc) is 2.76. The van der Waals surface area contributed by atoms with Gasteiger partial charge in [0, 0.05) is 19.5 Å². The van der Waals surface area contributed by atoms with E-state index in [2.05, 4.69) is 13.8 Å². The minimum atomic E-state index is -0.786. The molecule has 2 unspecified atom stereocenters. The molecule has 0 aromatic rings. The topological polar surface area (TPSA) is 57.6 Å².